The minimum Gasteiger partial charge on any atom is -0.308 e. The van der Waals surface area contributed by atoms with Gasteiger partial charge in [0.25, 0.3) is 0 Å². The van der Waals surface area contributed by atoms with Crippen molar-refractivity contribution in [3.05, 3.63) is 10.0 Å². The van der Waals surface area contributed by atoms with Gasteiger partial charge in [-0.25, -0.2) is 0 Å². The molecule has 0 spiro atoms. The summed E-state index contributed by atoms with van der Waals surface area (Å²) < 4.78 is 0. The number of aromatic nitrogens is 2. The van der Waals surface area contributed by atoms with E-state index in [2.05, 4.69) is 29.4 Å². The monoisotopic (exact) mass is 197 g/mol. The van der Waals surface area contributed by atoms with E-state index in [-0.39, 0.29) is 0 Å². The molecule has 1 N–H and O–H groups in total. The molecule has 1 fully saturated rings. The summed E-state index contributed by atoms with van der Waals surface area (Å²) >= 11 is 1.73. The molecule has 0 aromatic carbocycles. The topological polar surface area (TPSA) is 37.8 Å². The molecule has 0 unspecified atom stereocenters. The van der Waals surface area contributed by atoms with Gasteiger partial charge in [0, 0.05) is 18.5 Å². The molecule has 0 atom stereocenters. The molecule has 13 heavy (non-hydrogen) atoms. The van der Waals surface area contributed by atoms with Crippen LogP contribution >= 0.6 is 11.3 Å². The Morgan fingerprint density at radius 1 is 1.46 bits per heavy atom. The number of nitrogens with zero attached hydrogens (tertiary/aromatic N) is 2. The van der Waals surface area contributed by atoms with Gasteiger partial charge in [0.15, 0.2) is 0 Å². The van der Waals surface area contributed by atoms with Crippen LogP contribution in [0.4, 0.5) is 0 Å². The molecule has 1 aliphatic carbocycles. The lowest BCUT2D eigenvalue weighted by Gasteiger charge is -1.96. The number of nitrogens with one attached hydrogen (secondary N) is 1. The van der Waals surface area contributed by atoms with Crippen molar-refractivity contribution in [1.29, 1.82) is 0 Å². The zero-order valence-electron chi connectivity index (χ0n) is 8.08. The molecule has 4 heteroatoms. The summed E-state index contributed by atoms with van der Waals surface area (Å²) in [5, 5.41) is 14.0. The third kappa shape index (κ3) is 2.48. The van der Waals surface area contributed by atoms with Gasteiger partial charge >= 0.3 is 0 Å². The molecule has 1 aliphatic rings. The Bertz CT molecular complexity index is 278. The molecule has 72 valence electrons. The quantitative estimate of drug-likeness (QED) is 0.801. The van der Waals surface area contributed by atoms with Crippen LogP contribution in [-0.2, 0) is 6.54 Å². The van der Waals surface area contributed by atoms with Gasteiger partial charge in [-0.3, -0.25) is 0 Å². The maximum Gasteiger partial charge on any atom is 0.131 e. The lowest BCUT2D eigenvalue weighted by molar-refractivity contribution is 0.677. The molecule has 0 radical (unpaired) electrons. The van der Waals surface area contributed by atoms with Crippen molar-refractivity contribution in [3.63, 3.8) is 0 Å². The van der Waals surface area contributed by atoms with Crippen molar-refractivity contribution in [2.24, 2.45) is 0 Å². The maximum absolute atomic E-state index is 4.14. The van der Waals surface area contributed by atoms with Gasteiger partial charge in [0.1, 0.15) is 10.0 Å². The summed E-state index contributed by atoms with van der Waals surface area (Å²) in [4.78, 5) is 0. The van der Waals surface area contributed by atoms with Crippen LogP contribution in [0, 0.1) is 0 Å². The Morgan fingerprint density at radius 2 is 2.23 bits per heavy atom. The lowest BCUT2D eigenvalue weighted by Crippen LogP contribution is -2.14. The molecular weight excluding hydrogens is 182 g/mol. The highest BCUT2D eigenvalue weighted by molar-refractivity contribution is 7.11. The van der Waals surface area contributed by atoms with E-state index in [1.807, 2.05) is 0 Å². The van der Waals surface area contributed by atoms with Crippen molar-refractivity contribution < 1.29 is 0 Å². The predicted molar refractivity (Wildman–Crippen MR) is 53.9 cm³/mol. The summed E-state index contributed by atoms with van der Waals surface area (Å²) in [5.74, 6) is 0.507. The Morgan fingerprint density at radius 3 is 2.77 bits per heavy atom. The zero-order chi connectivity index (χ0) is 9.26. The van der Waals surface area contributed by atoms with Crippen molar-refractivity contribution in [2.45, 2.75) is 45.2 Å². The number of hydrogen-bond donors (Lipinski definition) is 1. The average molecular weight is 197 g/mol. The Hall–Kier alpha value is -0.480. The highest BCUT2D eigenvalue weighted by Gasteiger charge is 2.20. The standard InChI is InChI=1S/C9H15N3S/c1-6(2)9-12-11-8(13-9)5-10-7-3-4-7/h6-7,10H,3-5H2,1-2H3. The van der Waals surface area contributed by atoms with E-state index in [0.717, 1.165) is 22.6 Å². The van der Waals surface area contributed by atoms with Gasteiger partial charge in [-0.1, -0.05) is 25.2 Å². The highest BCUT2D eigenvalue weighted by Crippen LogP contribution is 2.21. The van der Waals surface area contributed by atoms with Crippen LogP contribution in [0.25, 0.3) is 0 Å². The van der Waals surface area contributed by atoms with Crippen LogP contribution < -0.4 is 5.32 Å². The van der Waals surface area contributed by atoms with Gasteiger partial charge < -0.3 is 5.32 Å². The minimum atomic E-state index is 0.507. The first-order chi connectivity index (χ1) is 6.25. The Balaban J connectivity index is 1.88. The lowest BCUT2D eigenvalue weighted by atomic mass is 10.2. The zero-order valence-corrected chi connectivity index (χ0v) is 8.90. The smallest absolute Gasteiger partial charge is 0.131 e. The summed E-state index contributed by atoms with van der Waals surface area (Å²) in [5.41, 5.74) is 0. The third-order valence-electron chi connectivity index (χ3n) is 2.10. The predicted octanol–water partition coefficient (Wildman–Crippen LogP) is 1.91. The molecule has 0 bridgehead atoms. The minimum absolute atomic E-state index is 0.507. The highest BCUT2D eigenvalue weighted by atomic mass is 32.1. The van der Waals surface area contributed by atoms with Gasteiger partial charge in [0.2, 0.25) is 0 Å². The van der Waals surface area contributed by atoms with Gasteiger partial charge in [0.05, 0.1) is 0 Å². The van der Waals surface area contributed by atoms with E-state index in [4.69, 9.17) is 0 Å². The third-order valence-corrected chi connectivity index (χ3v) is 3.32. The fourth-order valence-electron chi connectivity index (χ4n) is 1.09. The summed E-state index contributed by atoms with van der Waals surface area (Å²) in [6, 6.07) is 0.756. The number of rotatable bonds is 4. The molecule has 2 rings (SSSR count). The second-order valence-corrected chi connectivity index (χ2v) is 4.94. The first kappa shape index (κ1) is 9.09. The van der Waals surface area contributed by atoms with Crippen LogP contribution in [-0.4, -0.2) is 16.2 Å². The van der Waals surface area contributed by atoms with E-state index in [1.165, 1.54) is 12.8 Å². The molecule has 1 aromatic heterocycles. The normalized spacial score (nSPS) is 16.8. The summed E-state index contributed by atoms with van der Waals surface area (Å²) in [6.07, 6.45) is 2.66. The molecule has 0 aliphatic heterocycles. The average Bonchev–Trinajstić information content (AvgIpc) is 2.79. The Labute approximate surface area is 82.6 Å². The Kier molecular flexibility index (Phi) is 2.60. The fourth-order valence-corrected chi connectivity index (χ4v) is 1.89. The largest absolute Gasteiger partial charge is 0.308 e. The van der Waals surface area contributed by atoms with Crippen molar-refractivity contribution in [2.75, 3.05) is 0 Å². The van der Waals surface area contributed by atoms with Gasteiger partial charge in [-0.05, 0) is 12.8 Å². The van der Waals surface area contributed by atoms with E-state index in [0.29, 0.717) is 5.92 Å². The van der Waals surface area contributed by atoms with Crippen LogP contribution in [0.1, 0.15) is 42.6 Å². The van der Waals surface area contributed by atoms with Crippen LogP contribution in [0.2, 0.25) is 0 Å². The second-order valence-electron chi connectivity index (χ2n) is 3.84. The van der Waals surface area contributed by atoms with Gasteiger partial charge in [-0.15, -0.1) is 10.2 Å². The SMILES string of the molecule is CC(C)c1nnc(CNC2CC2)s1. The van der Waals surface area contributed by atoms with Crippen molar-refractivity contribution in [1.82, 2.24) is 15.5 Å². The van der Waals surface area contributed by atoms with E-state index in [9.17, 15) is 0 Å². The van der Waals surface area contributed by atoms with Crippen molar-refractivity contribution in [3.8, 4) is 0 Å². The van der Waals surface area contributed by atoms with E-state index < -0.39 is 0 Å². The molecule has 1 heterocycles. The van der Waals surface area contributed by atoms with Crippen molar-refractivity contribution >= 4 is 11.3 Å². The van der Waals surface area contributed by atoms with Crippen LogP contribution in [0.3, 0.4) is 0 Å². The summed E-state index contributed by atoms with van der Waals surface area (Å²) in [7, 11) is 0. The molecule has 1 aromatic rings. The first-order valence-electron chi connectivity index (χ1n) is 4.81. The number of hydrogen-bond acceptors (Lipinski definition) is 4. The second kappa shape index (κ2) is 3.72. The first-order valence-corrected chi connectivity index (χ1v) is 5.63. The maximum atomic E-state index is 4.14. The molecular formula is C9H15N3S. The van der Waals surface area contributed by atoms with Crippen LogP contribution in [0.15, 0.2) is 0 Å². The van der Waals surface area contributed by atoms with Crippen LogP contribution in [0.5, 0.6) is 0 Å². The molecule has 1 saturated carbocycles. The van der Waals surface area contributed by atoms with Gasteiger partial charge in [-0.2, -0.15) is 0 Å². The van der Waals surface area contributed by atoms with E-state index in [1.54, 1.807) is 11.3 Å². The molecule has 0 saturated heterocycles. The van der Waals surface area contributed by atoms with E-state index >= 15 is 0 Å². The fraction of sp³-hybridized carbons (Fsp3) is 0.778. The summed E-state index contributed by atoms with van der Waals surface area (Å²) in [6.45, 7) is 5.20. The molecule has 3 nitrogen and oxygen atoms in total. The molecule has 0 amide bonds.